The molecule has 2 aromatic heterocycles. The zero-order chi connectivity index (χ0) is 20.2. The van der Waals surface area contributed by atoms with Crippen LogP contribution in [0.5, 0.6) is 17.2 Å². The van der Waals surface area contributed by atoms with Gasteiger partial charge in [0.05, 0.1) is 45.0 Å². The number of rotatable bonds is 7. The summed E-state index contributed by atoms with van der Waals surface area (Å²) in [6, 6.07) is 10.3. The Balaban J connectivity index is 1.64. The van der Waals surface area contributed by atoms with Crippen molar-refractivity contribution in [2.24, 2.45) is 0 Å². The number of aromatic nitrogens is 3. The molecule has 1 aromatic carbocycles. The van der Waals surface area contributed by atoms with Gasteiger partial charge >= 0.3 is 0 Å². The maximum Gasteiger partial charge on any atom is 0.203 e. The lowest BCUT2D eigenvalue weighted by Gasteiger charge is -2.24. The number of likely N-dealkylation sites (tertiary alicyclic amines) is 1. The Morgan fingerprint density at radius 1 is 1.10 bits per heavy atom. The number of ether oxygens (including phenoxy) is 3. The van der Waals surface area contributed by atoms with E-state index in [4.69, 9.17) is 14.2 Å². The van der Waals surface area contributed by atoms with E-state index in [1.165, 1.54) is 6.42 Å². The maximum atomic E-state index is 5.51. The second-order valence-corrected chi connectivity index (χ2v) is 7.07. The van der Waals surface area contributed by atoms with E-state index in [0.29, 0.717) is 23.3 Å². The molecule has 1 aliphatic heterocycles. The molecular formula is C22H26N4O3. The summed E-state index contributed by atoms with van der Waals surface area (Å²) in [4.78, 5) is 7.04. The first-order valence-corrected chi connectivity index (χ1v) is 9.72. The van der Waals surface area contributed by atoms with Crippen LogP contribution in [0, 0.1) is 0 Å². The molecule has 0 bridgehead atoms. The lowest BCUT2D eigenvalue weighted by atomic mass is 10.1. The zero-order valence-electron chi connectivity index (χ0n) is 17.0. The monoisotopic (exact) mass is 394 g/mol. The average molecular weight is 394 g/mol. The average Bonchev–Trinajstić information content (AvgIpc) is 3.43. The molecule has 29 heavy (non-hydrogen) atoms. The second-order valence-electron chi connectivity index (χ2n) is 7.07. The summed E-state index contributed by atoms with van der Waals surface area (Å²) in [5.41, 5.74) is 4.15. The number of hydrogen-bond acceptors (Lipinski definition) is 6. The van der Waals surface area contributed by atoms with Gasteiger partial charge in [-0.15, -0.1) is 0 Å². The van der Waals surface area contributed by atoms with Gasteiger partial charge in [0.2, 0.25) is 5.75 Å². The van der Waals surface area contributed by atoms with Crippen molar-refractivity contribution >= 4 is 0 Å². The molecule has 0 spiro atoms. The number of methoxy groups -OCH3 is 3. The van der Waals surface area contributed by atoms with E-state index in [1.807, 2.05) is 30.6 Å². The summed E-state index contributed by atoms with van der Waals surface area (Å²) < 4.78 is 16.5. The molecule has 7 heteroatoms. The van der Waals surface area contributed by atoms with Crippen LogP contribution in [0.4, 0.5) is 0 Å². The van der Waals surface area contributed by atoms with Crippen molar-refractivity contribution in [1.29, 1.82) is 0 Å². The van der Waals surface area contributed by atoms with Gasteiger partial charge in [-0.3, -0.25) is 15.0 Å². The zero-order valence-corrected chi connectivity index (χ0v) is 17.0. The Morgan fingerprint density at radius 2 is 1.90 bits per heavy atom. The minimum atomic E-state index is 0.332. The van der Waals surface area contributed by atoms with Crippen LogP contribution in [0.2, 0.25) is 0 Å². The molecule has 1 atom stereocenters. The van der Waals surface area contributed by atoms with Gasteiger partial charge in [0.25, 0.3) is 0 Å². The first kappa shape index (κ1) is 19.3. The molecule has 3 heterocycles. The number of H-pyrrole nitrogens is 1. The van der Waals surface area contributed by atoms with Crippen LogP contribution in [-0.2, 0) is 6.54 Å². The van der Waals surface area contributed by atoms with E-state index in [2.05, 4.69) is 32.2 Å². The van der Waals surface area contributed by atoms with Crippen molar-refractivity contribution in [1.82, 2.24) is 20.1 Å². The first-order chi connectivity index (χ1) is 14.2. The smallest absolute Gasteiger partial charge is 0.203 e. The fourth-order valence-electron chi connectivity index (χ4n) is 4.05. The number of benzene rings is 1. The molecule has 0 saturated carbocycles. The second kappa shape index (κ2) is 8.53. The molecule has 1 N–H and O–H groups in total. The lowest BCUT2D eigenvalue weighted by Crippen LogP contribution is -2.23. The predicted molar refractivity (Wildman–Crippen MR) is 110 cm³/mol. The molecule has 152 valence electrons. The fourth-order valence-corrected chi connectivity index (χ4v) is 4.05. The Kier molecular flexibility index (Phi) is 5.67. The molecule has 0 aliphatic carbocycles. The van der Waals surface area contributed by atoms with Crippen LogP contribution < -0.4 is 14.2 Å². The van der Waals surface area contributed by atoms with Crippen molar-refractivity contribution in [2.45, 2.75) is 25.4 Å². The minimum Gasteiger partial charge on any atom is -0.493 e. The Hall–Kier alpha value is -3.06. The number of aromatic amines is 1. The summed E-state index contributed by atoms with van der Waals surface area (Å²) in [6.07, 6.45) is 6.05. The number of nitrogens with zero attached hydrogens (tertiary/aromatic N) is 3. The van der Waals surface area contributed by atoms with Crippen LogP contribution in [0.1, 0.15) is 30.1 Å². The van der Waals surface area contributed by atoms with Crippen LogP contribution in [0.25, 0.3) is 11.3 Å². The van der Waals surface area contributed by atoms with Crippen LogP contribution in [-0.4, -0.2) is 48.0 Å². The van der Waals surface area contributed by atoms with Gasteiger partial charge in [0, 0.05) is 23.9 Å². The summed E-state index contributed by atoms with van der Waals surface area (Å²) in [5, 5.41) is 7.46. The number of nitrogens with one attached hydrogen (secondary N) is 1. The lowest BCUT2D eigenvalue weighted by molar-refractivity contribution is 0.245. The van der Waals surface area contributed by atoms with Crippen molar-refractivity contribution in [3.05, 3.63) is 54.0 Å². The quantitative estimate of drug-likeness (QED) is 0.657. The minimum absolute atomic E-state index is 0.332. The van der Waals surface area contributed by atoms with Crippen molar-refractivity contribution in [3.8, 4) is 28.5 Å². The molecule has 1 fully saturated rings. The highest BCUT2D eigenvalue weighted by Crippen LogP contribution is 2.42. The Morgan fingerprint density at radius 3 is 2.55 bits per heavy atom. The van der Waals surface area contributed by atoms with Gasteiger partial charge in [-0.2, -0.15) is 5.10 Å². The SMILES string of the molecule is COc1cc(-c2[nH]ncc2CN2CCC[C@@H]2c2ccccn2)cc(OC)c1OC. The Labute approximate surface area is 170 Å². The topological polar surface area (TPSA) is 72.5 Å². The molecule has 0 radical (unpaired) electrons. The van der Waals surface area contributed by atoms with E-state index >= 15 is 0 Å². The van der Waals surface area contributed by atoms with Crippen molar-refractivity contribution in [2.75, 3.05) is 27.9 Å². The van der Waals surface area contributed by atoms with E-state index < -0.39 is 0 Å². The van der Waals surface area contributed by atoms with Gasteiger partial charge in [0.1, 0.15) is 0 Å². The molecule has 4 rings (SSSR count). The highest BCUT2D eigenvalue weighted by atomic mass is 16.5. The Bertz CT molecular complexity index is 933. The number of hydrogen-bond donors (Lipinski definition) is 1. The van der Waals surface area contributed by atoms with Crippen LogP contribution >= 0.6 is 0 Å². The van der Waals surface area contributed by atoms with Crippen molar-refractivity contribution < 1.29 is 14.2 Å². The van der Waals surface area contributed by atoms with Crippen LogP contribution in [0.3, 0.4) is 0 Å². The largest absolute Gasteiger partial charge is 0.493 e. The van der Waals surface area contributed by atoms with Gasteiger partial charge < -0.3 is 14.2 Å². The van der Waals surface area contributed by atoms with E-state index in [9.17, 15) is 0 Å². The molecule has 3 aromatic rings. The highest BCUT2D eigenvalue weighted by molar-refractivity contribution is 5.70. The maximum absolute atomic E-state index is 5.51. The van der Waals surface area contributed by atoms with E-state index in [1.54, 1.807) is 21.3 Å². The summed E-state index contributed by atoms with van der Waals surface area (Å²) >= 11 is 0. The molecule has 7 nitrogen and oxygen atoms in total. The van der Waals surface area contributed by atoms with Crippen LogP contribution in [0.15, 0.2) is 42.7 Å². The van der Waals surface area contributed by atoms with Crippen molar-refractivity contribution in [3.63, 3.8) is 0 Å². The molecule has 0 amide bonds. The third-order valence-electron chi connectivity index (χ3n) is 5.44. The van der Waals surface area contributed by atoms with E-state index in [-0.39, 0.29) is 0 Å². The molecule has 1 saturated heterocycles. The number of pyridine rings is 1. The highest BCUT2D eigenvalue weighted by Gasteiger charge is 2.28. The summed E-state index contributed by atoms with van der Waals surface area (Å²) in [7, 11) is 4.85. The molecular weight excluding hydrogens is 368 g/mol. The first-order valence-electron chi connectivity index (χ1n) is 9.72. The van der Waals surface area contributed by atoms with Gasteiger partial charge in [-0.1, -0.05) is 6.07 Å². The molecule has 0 unspecified atom stereocenters. The van der Waals surface area contributed by atoms with Gasteiger partial charge in [-0.25, -0.2) is 0 Å². The van der Waals surface area contributed by atoms with E-state index in [0.717, 1.165) is 42.0 Å². The molecule has 1 aliphatic rings. The van der Waals surface area contributed by atoms with Gasteiger partial charge in [-0.05, 0) is 43.7 Å². The fraction of sp³-hybridized carbons (Fsp3) is 0.364. The standard InChI is InChI=1S/C22H26N4O3/c1-27-19-11-15(12-20(28-2)22(19)29-3)21-16(13-24-25-21)14-26-10-6-8-18(26)17-7-4-5-9-23-17/h4-5,7,9,11-13,18H,6,8,10,14H2,1-3H3,(H,24,25)/t18-/m1/s1. The summed E-state index contributed by atoms with van der Waals surface area (Å²) in [6.45, 7) is 1.84. The third-order valence-corrected chi connectivity index (χ3v) is 5.44. The predicted octanol–water partition coefficient (Wildman–Crippen LogP) is 3.83. The summed E-state index contributed by atoms with van der Waals surface area (Å²) in [5.74, 6) is 1.82. The normalized spacial score (nSPS) is 16.7. The third kappa shape index (κ3) is 3.78. The van der Waals surface area contributed by atoms with Gasteiger partial charge in [0.15, 0.2) is 11.5 Å².